The molecule has 0 saturated heterocycles. The van der Waals surface area contributed by atoms with E-state index in [0.29, 0.717) is 26.3 Å². The minimum absolute atomic E-state index is 0.0213. The fourth-order valence-corrected chi connectivity index (χ4v) is 1.92. The number of carbonyl (C=O) groups is 1. The molecule has 0 aliphatic carbocycles. The van der Waals surface area contributed by atoms with Gasteiger partial charge in [-0.05, 0) is 24.6 Å². The predicted octanol–water partition coefficient (Wildman–Crippen LogP) is 2.13. The summed E-state index contributed by atoms with van der Waals surface area (Å²) in [4.78, 5) is 13.9. The lowest BCUT2D eigenvalue weighted by molar-refractivity contribution is 0.0873. The normalized spacial score (nSPS) is 11.1. The van der Waals surface area contributed by atoms with Crippen LogP contribution in [0.2, 0.25) is 0 Å². The molecule has 1 rings (SSSR count). The minimum Gasteiger partial charge on any atom is -0.385 e. The number of benzene rings is 1. The number of nitrogens with zero attached hydrogens (tertiary/aromatic N) is 1. The maximum Gasteiger partial charge on any atom is 0.179 e. The van der Waals surface area contributed by atoms with Gasteiger partial charge in [-0.3, -0.25) is 9.69 Å². The quantitative estimate of drug-likeness (QED) is 0.490. The number of carbonyl (C=O) groups excluding carboxylic acids is 1. The van der Waals surface area contributed by atoms with Gasteiger partial charge < -0.3 is 9.47 Å². The summed E-state index contributed by atoms with van der Waals surface area (Å²) in [6, 6.07) is 2.89. The number of methoxy groups -OCH3 is 2. The monoisotopic (exact) mass is 301 g/mol. The second kappa shape index (κ2) is 9.55. The zero-order valence-electron chi connectivity index (χ0n) is 12.4. The van der Waals surface area contributed by atoms with Crippen LogP contribution in [0.1, 0.15) is 16.8 Å². The van der Waals surface area contributed by atoms with Gasteiger partial charge in [-0.15, -0.1) is 0 Å². The van der Waals surface area contributed by atoms with Crippen LogP contribution in [0.3, 0.4) is 0 Å². The highest BCUT2D eigenvalue weighted by Crippen LogP contribution is 2.11. The number of hydrogen-bond donors (Lipinski definition) is 0. The third kappa shape index (κ3) is 6.29. The van der Waals surface area contributed by atoms with Gasteiger partial charge in [0.05, 0.1) is 18.7 Å². The first-order valence-electron chi connectivity index (χ1n) is 6.77. The lowest BCUT2D eigenvalue weighted by Crippen LogP contribution is -2.34. The molecule has 4 nitrogen and oxygen atoms in total. The maximum atomic E-state index is 13.6. The van der Waals surface area contributed by atoms with E-state index in [4.69, 9.17) is 9.47 Å². The molecule has 0 unspecified atom stereocenters. The van der Waals surface area contributed by atoms with E-state index < -0.39 is 17.4 Å². The van der Waals surface area contributed by atoms with Crippen molar-refractivity contribution in [3.8, 4) is 0 Å². The molecule has 0 N–H and O–H groups in total. The van der Waals surface area contributed by atoms with E-state index >= 15 is 0 Å². The Hall–Kier alpha value is -1.37. The molecule has 0 fully saturated rings. The van der Waals surface area contributed by atoms with Crippen LogP contribution in [-0.4, -0.2) is 57.8 Å². The zero-order chi connectivity index (χ0) is 15.7. The second-order valence-corrected chi connectivity index (χ2v) is 4.66. The van der Waals surface area contributed by atoms with Gasteiger partial charge in [-0.25, -0.2) is 8.78 Å². The molecule has 0 atom stereocenters. The maximum absolute atomic E-state index is 13.6. The van der Waals surface area contributed by atoms with E-state index in [1.807, 2.05) is 4.90 Å². The Kier molecular flexibility index (Phi) is 8.04. The molecule has 0 heterocycles. The molecule has 0 radical (unpaired) electrons. The Balaban J connectivity index is 2.67. The van der Waals surface area contributed by atoms with E-state index in [1.54, 1.807) is 14.2 Å². The molecule has 0 spiro atoms. The molecule has 0 aliphatic rings. The largest absolute Gasteiger partial charge is 0.385 e. The van der Waals surface area contributed by atoms with Crippen LogP contribution in [-0.2, 0) is 9.47 Å². The molecule has 118 valence electrons. The van der Waals surface area contributed by atoms with Crippen LogP contribution in [0, 0.1) is 11.6 Å². The molecular formula is C15H21F2NO3. The van der Waals surface area contributed by atoms with Gasteiger partial charge in [0.2, 0.25) is 0 Å². The van der Waals surface area contributed by atoms with Crippen LogP contribution in [0.4, 0.5) is 8.78 Å². The van der Waals surface area contributed by atoms with Crippen molar-refractivity contribution in [2.75, 3.05) is 47.1 Å². The summed E-state index contributed by atoms with van der Waals surface area (Å²) in [5.41, 5.74) is -0.218. The summed E-state index contributed by atoms with van der Waals surface area (Å²) in [6.45, 7) is 2.23. The molecule has 0 amide bonds. The third-order valence-corrected chi connectivity index (χ3v) is 3.03. The standard InChI is InChI=1S/C15H21F2NO3/c1-20-8-3-6-18(7-9-21-2)11-15(19)13-10-12(16)4-5-14(13)17/h4-5,10H,3,6-9,11H2,1-2H3. The Morgan fingerprint density at radius 2 is 1.86 bits per heavy atom. The van der Waals surface area contributed by atoms with Gasteiger partial charge in [0.1, 0.15) is 11.6 Å². The second-order valence-electron chi connectivity index (χ2n) is 4.66. The van der Waals surface area contributed by atoms with Gasteiger partial charge in [0.15, 0.2) is 5.78 Å². The number of hydrogen-bond acceptors (Lipinski definition) is 4. The van der Waals surface area contributed by atoms with Crippen molar-refractivity contribution in [2.45, 2.75) is 6.42 Å². The molecule has 1 aromatic carbocycles. The number of ketones is 1. The van der Waals surface area contributed by atoms with Crippen molar-refractivity contribution in [3.05, 3.63) is 35.4 Å². The smallest absolute Gasteiger partial charge is 0.179 e. The van der Waals surface area contributed by atoms with Gasteiger partial charge >= 0.3 is 0 Å². The highest BCUT2D eigenvalue weighted by Gasteiger charge is 2.16. The molecule has 0 aromatic heterocycles. The Labute approximate surface area is 123 Å². The van der Waals surface area contributed by atoms with E-state index in [9.17, 15) is 13.6 Å². The zero-order valence-corrected chi connectivity index (χ0v) is 12.4. The van der Waals surface area contributed by atoms with Gasteiger partial charge in [0, 0.05) is 33.9 Å². The number of rotatable bonds is 10. The van der Waals surface area contributed by atoms with Crippen LogP contribution in [0.5, 0.6) is 0 Å². The third-order valence-electron chi connectivity index (χ3n) is 3.03. The summed E-state index contributed by atoms with van der Waals surface area (Å²) in [5, 5.41) is 0. The van der Waals surface area contributed by atoms with Gasteiger partial charge in [0.25, 0.3) is 0 Å². The van der Waals surface area contributed by atoms with Gasteiger partial charge in [-0.2, -0.15) is 0 Å². The van der Waals surface area contributed by atoms with Crippen molar-refractivity contribution in [2.24, 2.45) is 0 Å². The predicted molar refractivity (Wildman–Crippen MR) is 75.5 cm³/mol. The summed E-state index contributed by atoms with van der Waals surface area (Å²) in [7, 11) is 3.17. The lowest BCUT2D eigenvalue weighted by Gasteiger charge is -2.21. The first-order valence-corrected chi connectivity index (χ1v) is 6.77. The average molecular weight is 301 g/mol. The van der Waals surface area contributed by atoms with E-state index in [-0.39, 0.29) is 12.1 Å². The highest BCUT2D eigenvalue weighted by atomic mass is 19.1. The fraction of sp³-hybridized carbons (Fsp3) is 0.533. The first-order chi connectivity index (χ1) is 10.1. The molecule has 0 aliphatic heterocycles. The van der Waals surface area contributed by atoms with Crippen LogP contribution < -0.4 is 0 Å². The van der Waals surface area contributed by atoms with Crippen molar-refractivity contribution < 1.29 is 23.0 Å². The van der Waals surface area contributed by atoms with Crippen LogP contribution >= 0.6 is 0 Å². The molecule has 0 bridgehead atoms. The molecular weight excluding hydrogens is 280 g/mol. The number of halogens is 2. The van der Waals surface area contributed by atoms with E-state index in [2.05, 4.69) is 0 Å². The number of ether oxygens (including phenoxy) is 2. The first kappa shape index (κ1) is 17.7. The van der Waals surface area contributed by atoms with E-state index in [0.717, 1.165) is 24.6 Å². The number of Topliss-reactive ketones (excluding diaryl/α,β-unsaturated/α-hetero) is 1. The lowest BCUT2D eigenvalue weighted by atomic mass is 10.1. The van der Waals surface area contributed by atoms with Crippen molar-refractivity contribution in [1.82, 2.24) is 4.90 Å². The summed E-state index contributed by atoms with van der Waals surface area (Å²) in [6.07, 6.45) is 0.749. The van der Waals surface area contributed by atoms with Crippen molar-refractivity contribution >= 4 is 5.78 Å². The molecule has 0 saturated carbocycles. The van der Waals surface area contributed by atoms with E-state index in [1.165, 1.54) is 0 Å². The fourth-order valence-electron chi connectivity index (χ4n) is 1.92. The average Bonchev–Trinajstić information content (AvgIpc) is 2.47. The SMILES string of the molecule is COCCCN(CCOC)CC(=O)c1cc(F)ccc1F. The van der Waals surface area contributed by atoms with Crippen LogP contribution in [0.25, 0.3) is 0 Å². The Morgan fingerprint density at radius 3 is 2.52 bits per heavy atom. The van der Waals surface area contributed by atoms with Gasteiger partial charge in [-0.1, -0.05) is 0 Å². The molecule has 6 heteroatoms. The highest BCUT2D eigenvalue weighted by molar-refractivity contribution is 5.97. The topological polar surface area (TPSA) is 38.8 Å². The van der Waals surface area contributed by atoms with Crippen molar-refractivity contribution in [1.29, 1.82) is 0 Å². The molecule has 21 heavy (non-hydrogen) atoms. The summed E-state index contributed by atoms with van der Waals surface area (Å²) >= 11 is 0. The molecule has 1 aromatic rings. The Morgan fingerprint density at radius 1 is 1.14 bits per heavy atom. The summed E-state index contributed by atoms with van der Waals surface area (Å²) in [5.74, 6) is -1.77. The summed E-state index contributed by atoms with van der Waals surface area (Å²) < 4.78 is 36.7. The Bertz CT molecular complexity index is 455. The van der Waals surface area contributed by atoms with Crippen molar-refractivity contribution in [3.63, 3.8) is 0 Å². The van der Waals surface area contributed by atoms with Crippen LogP contribution in [0.15, 0.2) is 18.2 Å². The minimum atomic E-state index is -0.704.